The Morgan fingerprint density at radius 3 is 2.85 bits per heavy atom. The molecule has 8 heteroatoms. The first kappa shape index (κ1) is 19.3. The number of aromatic nitrogens is 2. The fraction of sp³-hybridized carbons (Fsp3) is 0.474. The highest BCUT2D eigenvalue weighted by Crippen LogP contribution is 2.27. The van der Waals surface area contributed by atoms with E-state index < -0.39 is 0 Å². The molecule has 1 unspecified atom stereocenters. The summed E-state index contributed by atoms with van der Waals surface area (Å²) >= 11 is 1.37. The minimum Gasteiger partial charge on any atom is -0.370 e. The Hall–Kier alpha value is -2.48. The number of hydrogen-bond acceptors (Lipinski definition) is 6. The molecule has 1 aliphatic rings. The van der Waals surface area contributed by atoms with Crippen molar-refractivity contribution in [1.82, 2.24) is 15.5 Å². The Labute approximate surface area is 163 Å². The van der Waals surface area contributed by atoms with Crippen LogP contribution in [0.1, 0.15) is 23.9 Å². The van der Waals surface area contributed by atoms with Crippen LogP contribution < -0.4 is 15.1 Å². The molecule has 0 spiro atoms. The van der Waals surface area contributed by atoms with Crippen LogP contribution in [0.3, 0.4) is 0 Å². The van der Waals surface area contributed by atoms with Gasteiger partial charge < -0.3 is 10.2 Å². The SMILES string of the molecule is CCN(CCNC(=O)C1CC(=O)N(c2nnc(C)s2)C1)c1cccc(C)c1. The van der Waals surface area contributed by atoms with Crippen LogP contribution in [0.25, 0.3) is 0 Å². The summed E-state index contributed by atoms with van der Waals surface area (Å²) in [6.45, 7) is 8.53. The molecule has 1 atom stereocenters. The Morgan fingerprint density at radius 2 is 2.19 bits per heavy atom. The van der Waals surface area contributed by atoms with Crippen molar-refractivity contribution in [3.63, 3.8) is 0 Å². The zero-order valence-corrected chi connectivity index (χ0v) is 16.8. The van der Waals surface area contributed by atoms with Gasteiger partial charge in [-0.05, 0) is 38.5 Å². The van der Waals surface area contributed by atoms with E-state index in [4.69, 9.17) is 0 Å². The Morgan fingerprint density at radius 1 is 1.37 bits per heavy atom. The molecule has 27 heavy (non-hydrogen) atoms. The topological polar surface area (TPSA) is 78.4 Å². The Balaban J connectivity index is 1.51. The summed E-state index contributed by atoms with van der Waals surface area (Å²) in [7, 11) is 0. The van der Waals surface area contributed by atoms with Crippen molar-refractivity contribution in [3.8, 4) is 0 Å². The molecule has 7 nitrogen and oxygen atoms in total. The fourth-order valence-corrected chi connectivity index (χ4v) is 3.93. The monoisotopic (exact) mass is 387 g/mol. The number of aryl methyl sites for hydroxylation is 2. The van der Waals surface area contributed by atoms with Gasteiger partial charge in [-0.15, -0.1) is 10.2 Å². The second-order valence-electron chi connectivity index (χ2n) is 6.72. The highest BCUT2D eigenvalue weighted by atomic mass is 32.1. The van der Waals surface area contributed by atoms with Gasteiger partial charge in [0.1, 0.15) is 5.01 Å². The lowest BCUT2D eigenvalue weighted by molar-refractivity contribution is -0.126. The molecule has 0 radical (unpaired) electrons. The van der Waals surface area contributed by atoms with Crippen molar-refractivity contribution < 1.29 is 9.59 Å². The van der Waals surface area contributed by atoms with Crippen LogP contribution in [0.4, 0.5) is 10.8 Å². The standard InChI is InChI=1S/C19H25N5O2S/c1-4-23(16-7-5-6-13(2)10-16)9-8-20-18(26)15-11-17(25)24(12-15)19-22-21-14(3)27-19/h5-7,10,15H,4,8-9,11-12H2,1-3H3,(H,20,26). The normalized spacial score (nSPS) is 16.6. The van der Waals surface area contributed by atoms with Gasteiger partial charge >= 0.3 is 0 Å². The number of carbonyl (C=O) groups excluding carboxylic acids is 2. The van der Waals surface area contributed by atoms with E-state index in [0.29, 0.717) is 18.2 Å². The third kappa shape index (κ3) is 4.63. The van der Waals surface area contributed by atoms with E-state index in [-0.39, 0.29) is 24.2 Å². The molecular weight excluding hydrogens is 362 g/mol. The summed E-state index contributed by atoms with van der Waals surface area (Å²) in [5.41, 5.74) is 2.37. The van der Waals surface area contributed by atoms with Crippen molar-refractivity contribution in [3.05, 3.63) is 34.8 Å². The molecule has 1 aliphatic heterocycles. The number of nitrogens with zero attached hydrogens (tertiary/aromatic N) is 4. The van der Waals surface area contributed by atoms with Crippen LogP contribution in [0.15, 0.2) is 24.3 Å². The first-order valence-corrected chi connectivity index (χ1v) is 9.99. The van der Waals surface area contributed by atoms with Crippen LogP contribution in [0, 0.1) is 19.8 Å². The number of benzene rings is 1. The van der Waals surface area contributed by atoms with E-state index in [0.717, 1.165) is 23.8 Å². The van der Waals surface area contributed by atoms with Gasteiger partial charge in [0.25, 0.3) is 0 Å². The Kier molecular flexibility index (Phi) is 6.05. The molecule has 0 bridgehead atoms. The average molecular weight is 388 g/mol. The number of anilines is 2. The largest absolute Gasteiger partial charge is 0.370 e. The van der Waals surface area contributed by atoms with Gasteiger partial charge in [0, 0.05) is 38.3 Å². The number of nitrogens with one attached hydrogen (secondary N) is 1. The average Bonchev–Trinajstić information content (AvgIpc) is 3.24. The molecule has 144 valence electrons. The zero-order valence-electron chi connectivity index (χ0n) is 15.9. The van der Waals surface area contributed by atoms with Gasteiger partial charge in [0.2, 0.25) is 16.9 Å². The van der Waals surface area contributed by atoms with Crippen LogP contribution in [0.2, 0.25) is 0 Å². The summed E-state index contributed by atoms with van der Waals surface area (Å²) in [6.07, 6.45) is 0.222. The van der Waals surface area contributed by atoms with Gasteiger partial charge in [-0.1, -0.05) is 23.5 Å². The minimum atomic E-state index is -0.337. The van der Waals surface area contributed by atoms with Gasteiger partial charge in [-0.25, -0.2) is 0 Å². The fourth-order valence-electron chi connectivity index (χ4n) is 3.22. The third-order valence-electron chi connectivity index (χ3n) is 4.67. The molecule has 1 fully saturated rings. The number of likely N-dealkylation sites (N-methyl/N-ethyl adjacent to an activating group) is 1. The van der Waals surface area contributed by atoms with Crippen LogP contribution in [-0.2, 0) is 9.59 Å². The molecule has 0 aliphatic carbocycles. The van der Waals surface area contributed by atoms with E-state index in [1.165, 1.54) is 16.9 Å². The van der Waals surface area contributed by atoms with E-state index in [2.05, 4.69) is 52.5 Å². The molecule has 0 saturated carbocycles. The second-order valence-corrected chi connectivity index (χ2v) is 7.88. The number of carbonyl (C=O) groups is 2. The van der Waals surface area contributed by atoms with Crippen molar-refractivity contribution in [2.45, 2.75) is 27.2 Å². The van der Waals surface area contributed by atoms with E-state index in [9.17, 15) is 9.59 Å². The molecule has 1 saturated heterocycles. The molecule has 2 amide bonds. The maximum absolute atomic E-state index is 12.5. The summed E-state index contributed by atoms with van der Waals surface area (Å²) in [5.74, 6) is -0.482. The van der Waals surface area contributed by atoms with E-state index in [1.807, 2.05) is 13.0 Å². The van der Waals surface area contributed by atoms with Gasteiger partial charge in [0.05, 0.1) is 5.92 Å². The maximum atomic E-state index is 12.5. The lowest BCUT2D eigenvalue weighted by Crippen LogP contribution is -2.38. The molecule has 1 N–H and O–H groups in total. The van der Waals surface area contributed by atoms with Crippen LogP contribution >= 0.6 is 11.3 Å². The van der Waals surface area contributed by atoms with Crippen molar-refractivity contribution in [1.29, 1.82) is 0 Å². The van der Waals surface area contributed by atoms with E-state index >= 15 is 0 Å². The maximum Gasteiger partial charge on any atom is 0.229 e. The highest BCUT2D eigenvalue weighted by molar-refractivity contribution is 7.15. The number of hydrogen-bond donors (Lipinski definition) is 1. The number of amides is 2. The first-order chi connectivity index (χ1) is 13.0. The quantitative estimate of drug-likeness (QED) is 0.788. The molecule has 1 aromatic carbocycles. The second kappa shape index (κ2) is 8.47. The Bertz CT molecular complexity index is 822. The smallest absolute Gasteiger partial charge is 0.229 e. The summed E-state index contributed by atoms with van der Waals surface area (Å²) < 4.78 is 0. The van der Waals surface area contributed by atoms with Crippen molar-refractivity contribution in [2.24, 2.45) is 5.92 Å². The minimum absolute atomic E-state index is 0.0683. The zero-order chi connectivity index (χ0) is 19.4. The summed E-state index contributed by atoms with van der Waals surface area (Å²) in [6, 6.07) is 8.33. The predicted octanol–water partition coefficient (Wildman–Crippen LogP) is 2.15. The molecule has 2 aromatic rings. The number of rotatable bonds is 7. The van der Waals surface area contributed by atoms with Crippen molar-refractivity contribution >= 4 is 34.0 Å². The van der Waals surface area contributed by atoms with Crippen molar-refractivity contribution in [2.75, 3.05) is 36.0 Å². The highest BCUT2D eigenvalue weighted by Gasteiger charge is 2.36. The van der Waals surface area contributed by atoms with Gasteiger partial charge in [-0.3, -0.25) is 14.5 Å². The third-order valence-corrected chi connectivity index (χ3v) is 5.53. The molecular formula is C19H25N5O2S. The van der Waals surface area contributed by atoms with E-state index in [1.54, 1.807) is 4.90 Å². The van der Waals surface area contributed by atoms with Gasteiger partial charge in [0.15, 0.2) is 0 Å². The lowest BCUT2D eigenvalue weighted by atomic mass is 10.1. The van der Waals surface area contributed by atoms with Crippen LogP contribution in [0.5, 0.6) is 0 Å². The molecule has 2 heterocycles. The molecule has 3 rings (SSSR count). The predicted molar refractivity (Wildman–Crippen MR) is 107 cm³/mol. The first-order valence-electron chi connectivity index (χ1n) is 9.17. The molecule has 1 aromatic heterocycles. The summed E-state index contributed by atoms with van der Waals surface area (Å²) in [4.78, 5) is 28.5. The lowest BCUT2D eigenvalue weighted by Gasteiger charge is -2.24. The van der Waals surface area contributed by atoms with Gasteiger partial charge in [-0.2, -0.15) is 0 Å². The summed E-state index contributed by atoms with van der Waals surface area (Å²) in [5, 5.41) is 12.3. The van der Waals surface area contributed by atoms with Crippen LogP contribution in [-0.4, -0.2) is 48.2 Å².